The molecule has 0 bridgehead atoms. The van der Waals surface area contributed by atoms with E-state index >= 15 is 0 Å². The maximum Gasteiger partial charge on any atom is 0.266 e. The van der Waals surface area contributed by atoms with E-state index in [4.69, 9.17) is 16.3 Å². The Morgan fingerprint density at radius 1 is 1.56 bits per heavy atom. The average molecular weight is 269 g/mol. The van der Waals surface area contributed by atoms with E-state index in [9.17, 15) is 9.90 Å². The van der Waals surface area contributed by atoms with E-state index in [2.05, 4.69) is 4.98 Å². The van der Waals surface area contributed by atoms with Gasteiger partial charge in [0.05, 0.1) is 25.3 Å². The van der Waals surface area contributed by atoms with Crippen LogP contribution in [0.2, 0.25) is 5.28 Å². The molecule has 0 spiro atoms. The molecule has 0 aliphatic rings. The van der Waals surface area contributed by atoms with Crippen LogP contribution in [0.3, 0.4) is 0 Å². The van der Waals surface area contributed by atoms with Crippen LogP contribution in [-0.2, 0) is 6.54 Å². The van der Waals surface area contributed by atoms with E-state index in [1.54, 1.807) is 25.1 Å². The first-order valence-corrected chi connectivity index (χ1v) is 5.83. The summed E-state index contributed by atoms with van der Waals surface area (Å²) < 4.78 is 6.38. The quantitative estimate of drug-likeness (QED) is 0.856. The van der Waals surface area contributed by atoms with Crippen molar-refractivity contribution in [2.24, 2.45) is 0 Å². The number of hydrogen-bond acceptors (Lipinski definition) is 4. The summed E-state index contributed by atoms with van der Waals surface area (Å²) in [5.74, 6) is 0.445. The lowest BCUT2D eigenvalue weighted by Gasteiger charge is -2.12. The van der Waals surface area contributed by atoms with E-state index < -0.39 is 6.10 Å². The van der Waals surface area contributed by atoms with Crippen LogP contribution in [0.15, 0.2) is 23.0 Å². The zero-order valence-electron chi connectivity index (χ0n) is 10.1. The van der Waals surface area contributed by atoms with Crippen LogP contribution in [0.4, 0.5) is 0 Å². The van der Waals surface area contributed by atoms with Gasteiger partial charge >= 0.3 is 0 Å². The number of methoxy groups -OCH3 is 1. The summed E-state index contributed by atoms with van der Waals surface area (Å²) in [5, 5.41) is 9.80. The van der Waals surface area contributed by atoms with Crippen molar-refractivity contribution in [3.8, 4) is 5.75 Å². The maximum atomic E-state index is 12.3. The third kappa shape index (κ3) is 2.19. The minimum Gasteiger partial charge on any atom is -0.496 e. The maximum absolute atomic E-state index is 12.3. The minimum atomic E-state index is -0.686. The van der Waals surface area contributed by atoms with Gasteiger partial charge in [0.1, 0.15) is 11.1 Å². The van der Waals surface area contributed by atoms with Crippen molar-refractivity contribution in [3.05, 3.63) is 33.8 Å². The van der Waals surface area contributed by atoms with E-state index in [-0.39, 0.29) is 17.4 Å². The Labute approximate surface area is 109 Å². The normalized spacial score (nSPS) is 12.7. The van der Waals surface area contributed by atoms with E-state index in [1.165, 1.54) is 11.7 Å². The van der Waals surface area contributed by atoms with Gasteiger partial charge in [0, 0.05) is 0 Å². The molecule has 0 radical (unpaired) electrons. The molecule has 5 nitrogen and oxygen atoms in total. The highest BCUT2D eigenvalue weighted by Crippen LogP contribution is 2.21. The SMILES string of the molecule is COc1cccc2nc(Cl)n(CC(C)O)c(=O)c12. The molecule has 6 heteroatoms. The molecule has 0 aliphatic heterocycles. The largest absolute Gasteiger partial charge is 0.496 e. The van der Waals surface area contributed by atoms with Gasteiger partial charge in [-0.15, -0.1) is 0 Å². The number of hydrogen-bond donors (Lipinski definition) is 1. The summed E-state index contributed by atoms with van der Waals surface area (Å²) in [5.41, 5.74) is 0.162. The molecule has 1 atom stereocenters. The molecule has 2 rings (SSSR count). The highest BCUT2D eigenvalue weighted by Gasteiger charge is 2.14. The number of benzene rings is 1. The Morgan fingerprint density at radius 2 is 2.28 bits per heavy atom. The lowest BCUT2D eigenvalue weighted by Crippen LogP contribution is -2.27. The molecular weight excluding hydrogens is 256 g/mol. The summed E-state index contributed by atoms with van der Waals surface area (Å²) in [6, 6.07) is 5.12. The second kappa shape index (κ2) is 4.96. The summed E-state index contributed by atoms with van der Waals surface area (Å²) >= 11 is 5.95. The van der Waals surface area contributed by atoms with Crippen molar-refractivity contribution in [2.75, 3.05) is 7.11 Å². The first-order chi connectivity index (χ1) is 8.54. The lowest BCUT2D eigenvalue weighted by molar-refractivity contribution is 0.172. The number of rotatable bonds is 3. The van der Waals surface area contributed by atoms with Crippen molar-refractivity contribution >= 4 is 22.5 Å². The number of halogens is 1. The van der Waals surface area contributed by atoms with Crippen molar-refractivity contribution in [1.29, 1.82) is 0 Å². The van der Waals surface area contributed by atoms with Gasteiger partial charge in [-0.3, -0.25) is 9.36 Å². The number of nitrogens with zero attached hydrogens (tertiary/aromatic N) is 2. The van der Waals surface area contributed by atoms with Crippen LogP contribution < -0.4 is 10.3 Å². The summed E-state index contributed by atoms with van der Waals surface area (Å²) in [6.07, 6.45) is -0.686. The van der Waals surface area contributed by atoms with Gasteiger partial charge in [-0.05, 0) is 30.7 Å². The van der Waals surface area contributed by atoms with Crippen molar-refractivity contribution in [2.45, 2.75) is 19.6 Å². The predicted molar refractivity (Wildman–Crippen MR) is 69.2 cm³/mol. The fourth-order valence-corrected chi connectivity index (χ4v) is 2.04. The lowest BCUT2D eigenvalue weighted by atomic mass is 10.2. The van der Waals surface area contributed by atoms with Gasteiger partial charge < -0.3 is 9.84 Å². The first-order valence-electron chi connectivity index (χ1n) is 5.45. The van der Waals surface area contributed by atoms with Gasteiger partial charge in [-0.1, -0.05) is 6.07 Å². The van der Waals surface area contributed by atoms with Gasteiger partial charge in [0.25, 0.3) is 5.56 Å². The number of aliphatic hydroxyl groups is 1. The second-order valence-corrected chi connectivity index (χ2v) is 4.34. The van der Waals surface area contributed by atoms with Gasteiger partial charge in [0.15, 0.2) is 0 Å². The molecular formula is C12H13ClN2O3. The highest BCUT2D eigenvalue weighted by molar-refractivity contribution is 6.28. The monoisotopic (exact) mass is 268 g/mol. The molecule has 18 heavy (non-hydrogen) atoms. The fourth-order valence-electron chi connectivity index (χ4n) is 1.80. The molecule has 0 saturated carbocycles. The van der Waals surface area contributed by atoms with E-state index in [0.717, 1.165) is 0 Å². The van der Waals surface area contributed by atoms with Gasteiger partial charge in [-0.25, -0.2) is 4.98 Å². The van der Waals surface area contributed by atoms with Gasteiger partial charge in [0.2, 0.25) is 5.28 Å². The topological polar surface area (TPSA) is 64.3 Å². The fraction of sp³-hybridized carbons (Fsp3) is 0.333. The standard InChI is InChI=1S/C12H13ClN2O3/c1-7(16)6-15-11(17)10-8(14-12(15)13)4-3-5-9(10)18-2/h3-5,7,16H,6H2,1-2H3. The number of fused-ring (bicyclic) bond motifs is 1. The first kappa shape index (κ1) is 12.9. The van der Waals surface area contributed by atoms with Crippen molar-refractivity contribution in [1.82, 2.24) is 9.55 Å². The molecule has 0 aliphatic carbocycles. The molecule has 0 amide bonds. The van der Waals surface area contributed by atoms with Crippen LogP contribution in [-0.4, -0.2) is 27.9 Å². The highest BCUT2D eigenvalue weighted by atomic mass is 35.5. The third-order valence-electron chi connectivity index (χ3n) is 2.57. The molecule has 0 saturated heterocycles. The molecule has 2 aromatic rings. The van der Waals surface area contributed by atoms with E-state index in [0.29, 0.717) is 16.7 Å². The summed E-state index contributed by atoms with van der Waals surface area (Å²) in [6.45, 7) is 1.67. The summed E-state index contributed by atoms with van der Waals surface area (Å²) in [4.78, 5) is 16.4. The Morgan fingerprint density at radius 3 is 2.89 bits per heavy atom. The molecule has 96 valence electrons. The Balaban J connectivity index is 2.78. The van der Waals surface area contributed by atoms with Crippen LogP contribution >= 0.6 is 11.6 Å². The Bertz CT molecular complexity index is 637. The number of aliphatic hydroxyl groups excluding tert-OH is 1. The zero-order valence-corrected chi connectivity index (χ0v) is 10.8. The Kier molecular flexibility index (Phi) is 3.54. The molecule has 1 aromatic heterocycles. The molecule has 0 fully saturated rings. The van der Waals surface area contributed by atoms with Crippen molar-refractivity contribution in [3.63, 3.8) is 0 Å². The van der Waals surface area contributed by atoms with E-state index in [1.807, 2.05) is 0 Å². The smallest absolute Gasteiger partial charge is 0.266 e. The number of ether oxygens (including phenoxy) is 1. The zero-order chi connectivity index (χ0) is 13.3. The van der Waals surface area contributed by atoms with Gasteiger partial charge in [-0.2, -0.15) is 0 Å². The third-order valence-corrected chi connectivity index (χ3v) is 2.85. The van der Waals surface area contributed by atoms with Crippen molar-refractivity contribution < 1.29 is 9.84 Å². The minimum absolute atomic E-state index is 0.0571. The molecule has 1 unspecified atom stereocenters. The van der Waals surface area contributed by atoms with Crippen LogP contribution in [0.1, 0.15) is 6.92 Å². The molecule has 1 aromatic carbocycles. The summed E-state index contributed by atoms with van der Waals surface area (Å²) in [7, 11) is 1.49. The van der Waals surface area contributed by atoms with Crippen LogP contribution in [0.25, 0.3) is 10.9 Å². The van der Waals surface area contributed by atoms with Crippen LogP contribution in [0.5, 0.6) is 5.75 Å². The molecule has 1 heterocycles. The second-order valence-electron chi connectivity index (χ2n) is 4.00. The molecule has 1 N–H and O–H groups in total. The number of aromatic nitrogens is 2. The van der Waals surface area contributed by atoms with Crippen LogP contribution in [0, 0.1) is 0 Å². The Hall–Kier alpha value is -1.59. The predicted octanol–water partition coefficient (Wildman–Crippen LogP) is 1.44. The average Bonchev–Trinajstić information content (AvgIpc) is 2.33.